The monoisotopic (exact) mass is 271 g/mol. The van der Waals surface area contributed by atoms with E-state index in [-0.39, 0.29) is 5.91 Å². The Morgan fingerprint density at radius 3 is 2.65 bits per heavy atom. The Morgan fingerprint density at radius 1 is 1.30 bits per heavy atom. The van der Waals surface area contributed by atoms with Crippen molar-refractivity contribution >= 4 is 16.8 Å². The highest BCUT2D eigenvalue weighted by Gasteiger charge is 2.64. The van der Waals surface area contributed by atoms with Crippen LogP contribution in [0.5, 0.6) is 0 Å². The number of hydrogen-bond donors (Lipinski definition) is 2. The van der Waals surface area contributed by atoms with E-state index in [0.29, 0.717) is 22.3 Å². The maximum absolute atomic E-state index is 12.2. The fourth-order valence-electron chi connectivity index (χ4n) is 3.22. The van der Waals surface area contributed by atoms with Gasteiger partial charge in [0.15, 0.2) is 0 Å². The van der Waals surface area contributed by atoms with Crippen molar-refractivity contribution in [3.8, 4) is 0 Å². The van der Waals surface area contributed by atoms with Gasteiger partial charge in [-0.1, -0.05) is 33.8 Å². The summed E-state index contributed by atoms with van der Waals surface area (Å²) in [5.74, 6) is 0.523. The van der Waals surface area contributed by atoms with E-state index in [2.05, 4.69) is 43.2 Å². The lowest BCUT2D eigenvalue weighted by Crippen LogP contribution is -2.27. The molecular formula is C16H21N3O. The Morgan fingerprint density at radius 2 is 2.00 bits per heavy atom. The van der Waals surface area contributed by atoms with Gasteiger partial charge in [0.1, 0.15) is 0 Å². The number of carbonyl (C=O) groups is 1. The Bertz CT molecular complexity index is 655. The van der Waals surface area contributed by atoms with Crippen molar-refractivity contribution < 1.29 is 4.79 Å². The molecule has 4 heteroatoms. The van der Waals surface area contributed by atoms with E-state index in [0.717, 1.165) is 17.4 Å². The molecule has 1 amide bonds. The SMILES string of the molecule is CC1(C)C(CNC(=O)c2ccc3cn[nH]c3c2)C1(C)C. The number of aromatic nitrogens is 2. The highest BCUT2D eigenvalue weighted by Crippen LogP contribution is 2.67. The van der Waals surface area contributed by atoms with Crippen LogP contribution in [0.2, 0.25) is 0 Å². The van der Waals surface area contributed by atoms with E-state index >= 15 is 0 Å². The van der Waals surface area contributed by atoms with Gasteiger partial charge in [0.2, 0.25) is 0 Å². The minimum Gasteiger partial charge on any atom is -0.352 e. The molecule has 1 aromatic heterocycles. The van der Waals surface area contributed by atoms with Gasteiger partial charge in [-0.15, -0.1) is 0 Å². The number of fused-ring (bicyclic) bond motifs is 1. The van der Waals surface area contributed by atoms with Crippen molar-refractivity contribution in [1.82, 2.24) is 15.5 Å². The number of H-pyrrole nitrogens is 1. The lowest BCUT2D eigenvalue weighted by atomic mass is 10.0. The molecule has 1 fully saturated rings. The zero-order valence-corrected chi connectivity index (χ0v) is 12.4. The first-order valence-electron chi connectivity index (χ1n) is 7.05. The van der Waals surface area contributed by atoms with Gasteiger partial charge in [0.25, 0.3) is 5.91 Å². The number of hydrogen-bond acceptors (Lipinski definition) is 2. The third-order valence-corrected chi connectivity index (χ3v) is 5.49. The van der Waals surface area contributed by atoms with Crippen molar-refractivity contribution in [3.05, 3.63) is 30.0 Å². The maximum Gasteiger partial charge on any atom is 0.251 e. The number of aromatic amines is 1. The molecule has 0 spiro atoms. The summed E-state index contributed by atoms with van der Waals surface area (Å²) in [6.45, 7) is 9.79. The van der Waals surface area contributed by atoms with Gasteiger partial charge in [0, 0.05) is 17.5 Å². The zero-order chi connectivity index (χ0) is 14.5. The van der Waals surface area contributed by atoms with Gasteiger partial charge in [-0.2, -0.15) is 5.10 Å². The molecule has 0 unspecified atom stereocenters. The predicted molar refractivity (Wildman–Crippen MR) is 79.5 cm³/mol. The molecule has 2 N–H and O–H groups in total. The first-order valence-corrected chi connectivity index (χ1v) is 7.05. The third-order valence-electron chi connectivity index (χ3n) is 5.49. The molecule has 1 aromatic carbocycles. The summed E-state index contributed by atoms with van der Waals surface area (Å²) in [6.07, 6.45) is 1.76. The quantitative estimate of drug-likeness (QED) is 0.901. The minimum atomic E-state index is -0.0139. The molecule has 106 valence electrons. The van der Waals surface area contributed by atoms with Gasteiger partial charge in [0.05, 0.1) is 11.7 Å². The highest BCUT2D eigenvalue weighted by molar-refractivity contribution is 5.97. The normalized spacial score (nSPS) is 20.0. The lowest BCUT2D eigenvalue weighted by Gasteiger charge is -2.06. The molecule has 0 aliphatic heterocycles. The third kappa shape index (κ3) is 1.82. The van der Waals surface area contributed by atoms with Crippen LogP contribution in [0, 0.1) is 16.7 Å². The van der Waals surface area contributed by atoms with Crippen LogP contribution in [-0.2, 0) is 0 Å². The van der Waals surface area contributed by atoms with Gasteiger partial charge >= 0.3 is 0 Å². The molecule has 3 rings (SSSR count). The molecule has 1 aliphatic carbocycles. The summed E-state index contributed by atoms with van der Waals surface area (Å²) >= 11 is 0. The number of nitrogens with zero attached hydrogens (tertiary/aromatic N) is 1. The first kappa shape index (κ1) is 13.2. The second-order valence-corrected chi connectivity index (χ2v) is 6.88. The minimum absolute atomic E-state index is 0.0139. The average Bonchev–Trinajstić information content (AvgIpc) is 2.75. The van der Waals surface area contributed by atoms with E-state index in [1.54, 1.807) is 6.20 Å². The fraction of sp³-hybridized carbons (Fsp3) is 0.500. The lowest BCUT2D eigenvalue weighted by molar-refractivity contribution is 0.0950. The van der Waals surface area contributed by atoms with Crippen LogP contribution in [0.4, 0.5) is 0 Å². The van der Waals surface area contributed by atoms with Crippen LogP contribution in [-0.4, -0.2) is 22.6 Å². The Hall–Kier alpha value is -1.84. The zero-order valence-electron chi connectivity index (χ0n) is 12.4. The number of carbonyl (C=O) groups excluding carboxylic acids is 1. The van der Waals surface area contributed by atoms with Crippen molar-refractivity contribution in [2.75, 3.05) is 6.54 Å². The molecule has 0 atom stereocenters. The topological polar surface area (TPSA) is 57.8 Å². The van der Waals surface area contributed by atoms with Crippen LogP contribution in [0.3, 0.4) is 0 Å². The summed E-state index contributed by atoms with van der Waals surface area (Å²) < 4.78 is 0. The molecule has 1 saturated carbocycles. The van der Waals surface area contributed by atoms with E-state index in [1.807, 2.05) is 18.2 Å². The van der Waals surface area contributed by atoms with Gasteiger partial charge < -0.3 is 5.32 Å². The summed E-state index contributed by atoms with van der Waals surface area (Å²) in [5.41, 5.74) is 2.17. The van der Waals surface area contributed by atoms with Crippen LogP contribution in [0.1, 0.15) is 38.1 Å². The summed E-state index contributed by atoms with van der Waals surface area (Å²) in [5, 5.41) is 10.9. The van der Waals surface area contributed by atoms with Crippen LogP contribution < -0.4 is 5.32 Å². The van der Waals surface area contributed by atoms with Crippen molar-refractivity contribution in [2.24, 2.45) is 16.7 Å². The molecule has 0 radical (unpaired) electrons. The first-order chi connectivity index (χ1) is 9.34. The van der Waals surface area contributed by atoms with Gasteiger partial charge in [-0.3, -0.25) is 9.89 Å². The van der Waals surface area contributed by atoms with Gasteiger partial charge in [-0.25, -0.2) is 0 Å². The summed E-state index contributed by atoms with van der Waals surface area (Å²) in [4.78, 5) is 12.2. The van der Waals surface area contributed by atoms with Crippen LogP contribution >= 0.6 is 0 Å². The van der Waals surface area contributed by atoms with E-state index in [4.69, 9.17) is 0 Å². The number of amides is 1. The van der Waals surface area contributed by atoms with Crippen LogP contribution in [0.15, 0.2) is 24.4 Å². The highest BCUT2D eigenvalue weighted by atomic mass is 16.1. The Balaban J connectivity index is 1.68. The standard InChI is InChI=1S/C16H21N3O/c1-15(2)13(16(15,3)4)9-17-14(20)10-5-6-11-8-18-19-12(11)7-10/h5-8,13H,9H2,1-4H3,(H,17,20)(H,18,19). The molecule has 4 nitrogen and oxygen atoms in total. The Labute approximate surface area is 119 Å². The van der Waals surface area contributed by atoms with E-state index in [1.165, 1.54) is 0 Å². The largest absolute Gasteiger partial charge is 0.352 e. The fourth-order valence-corrected chi connectivity index (χ4v) is 3.22. The second kappa shape index (κ2) is 4.08. The van der Waals surface area contributed by atoms with Gasteiger partial charge in [-0.05, 0) is 28.9 Å². The van der Waals surface area contributed by atoms with Crippen molar-refractivity contribution in [2.45, 2.75) is 27.7 Å². The maximum atomic E-state index is 12.2. The molecule has 2 aromatic rings. The predicted octanol–water partition coefficient (Wildman–Crippen LogP) is 2.97. The second-order valence-electron chi connectivity index (χ2n) is 6.88. The molecule has 1 heterocycles. The van der Waals surface area contributed by atoms with Crippen molar-refractivity contribution in [3.63, 3.8) is 0 Å². The van der Waals surface area contributed by atoms with Crippen molar-refractivity contribution in [1.29, 1.82) is 0 Å². The molecule has 0 saturated heterocycles. The summed E-state index contributed by atoms with van der Waals surface area (Å²) in [7, 11) is 0. The number of rotatable bonds is 3. The number of nitrogens with one attached hydrogen (secondary N) is 2. The van der Waals surface area contributed by atoms with E-state index < -0.39 is 0 Å². The molecule has 0 bridgehead atoms. The smallest absolute Gasteiger partial charge is 0.251 e. The molecule has 20 heavy (non-hydrogen) atoms. The van der Waals surface area contributed by atoms with E-state index in [9.17, 15) is 4.79 Å². The average molecular weight is 271 g/mol. The number of benzene rings is 1. The van der Waals surface area contributed by atoms with Crippen LogP contribution in [0.25, 0.3) is 10.9 Å². The molecule has 1 aliphatic rings. The Kier molecular flexibility index (Phi) is 2.68. The summed E-state index contributed by atoms with van der Waals surface area (Å²) in [6, 6.07) is 5.61. The molecular weight excluding hydrogens is 250 g/mol.